The van der Waals surface area contributed by atoms with E-state index in [2.05, 4.69) is 6.92 Å². The number of carboxylic acids is 3. The fourth-order valence-electron chi connectivity index (χ4n) is 2.64. The maximum absolute atomic E-state index is 10.2. The molecule has 0 heterocycles. The summed E-state index contributed by atoms with van der Waals surface area (Å²) in [5.41, 5.74) is 0. The number of rotatable bonds is 16. The van der Waals surface area contributed by atoms with E-state index in [1.807, 2.05) is 0 Å². The van der Waals surface area contributed by atoms with Gasteiger partial charge in [-0.1, -0.05) is 96.8 Å². The number of hydrogen-bond acceptors (Lipinski definition) is 5. The van der Waals surface area contributed by atoms with Crippen molar-refractivity contribution in [3.8, 4) is 0 Å². The maximum atomic E-state index is 10.2. The minimum Gasteiger partial charge on any atom is -0.550 e. The van der Waals surface area contributed by atoms with E-state index in [9.17, 15) is 9.90 Å². The van der Waals surface area contributed by atoms with Crippen molar-refractivity contribution >= 4 is 17.9 Å². The summed E-state index contributed by atoms with van der Waals surface area (Å²) in [6.45, 7) is 2.27. The molecule has 0 aromatic carbocycles. The van der Waals surface area contributed by atoms with Crippen molar-refractivity contribution in [3.63, 3.8) is 0 Å². The van der Waals surface area contributed by atoms with Crippen molar-refractivity contribution in [2.45, 2.75) is 110 Å². The molecule has 0 fully saturated rings. The van der Waals surface area contributed by atoms with Crippen molar-refractivity contribution in [3.05, 3.63) is 0 Å². The Morgan fingerprint density at radius 2 is 0.857 bits per heavy atom. The Morgan fingerprint density at radius 1 is 0.607 bits per heavy atom. The Morgan fingerprint density at radius 3 is 1.07 bits per heavy atom. The fourth-order valence-corrected chi connectivity index (χ4v) is 2.64. The van der Waals surface area contributed by atoms with Crippen molar-refractivity contribution in [1.29, 1.82) is 0 Å². The summed E-state index contributed by atoms with van der Waals surface area (Å²) in [6, 6.07) is 0. The van der Waals surface area contributed by atoms with Gasteiger partial charge in [0.1, 0.15) is 0 Å². The van der Waals surface area contributed by atoms with Gasteiger partial charge in [-0.05, 0) is 12.8 Å². The molecule has 0 aliphatic rings. The molecule has 0 aromatic rings. The van der Waals surface area contributed by atoms with Crippen LogP contribution in [0.5, 0.6) is 0 Å². The van der Waals surface area contributed by atoms with E-state index in [4.69, 9.17) is 19.8 Å². The number of unbranched alkanes of at least 4 members (excludes halogenated alkanes) is 14. The van der Waals surface area contributed by atoms with Gasteiger partial charge in [-0.15, -0.1) is 0 Å². The molecule has 0 aliphatic carbocycles. The second-order valence-electron chi connectivity index (χ2n) is 6.66. The van der Waals surface area contributed by atoms with Crippen LogP contribution in [0.15, 0.2) is 0 Å². The fraction of sp³-hybridized carbons (Fsp3) is 0.850. The largest absolute Gasteiger partial charge is 1.00 e. The monoisotopic (exact) mass is 418 g/mol. The first-order chi connectivity index (χ1) is 12.4. The summed E-state index contributed by atoms with van der Waals surface area (Å²) in [4.78, 5) is 28.2. The molecule has 0 aromatic heterocycles. The molecule has 0 amide bonds. The minimum atomic E-state index is -2.07. The molecule has 0 rings (SSSR count). The summed E-state index contributed by atoms with van der Waals surface area (Å²) >= 11 is 0. The summed E-state index contributed by atoms with van der Waals surface area (Å²) in [6.07, 6.45) is 19.9. The molecule has 0 saturated heterocycles. The van der Waals surface area contributed by atoms with Crippen molar-refractivity contribution in [1.82, 2.24) is 0 Å². The molecule has 0 unspecified atom stereocenters. The third-order valence-electron chi connectivity index (χ3n) is 4.16. The van der Waals surface area contributed by atoms with Crippen LogP contribution in [-0.2, 0) is 14.4 Å². The van der Waals surface area contributed by atoms with Crippen LogP contribution in [0.25, 0.3) is 0 Å². The molecular weight excluding hydrogens is 382 g/mol. The third-order valence-corrected chi connectivity index (χ3v) is 4.16. The van der Waals surface area contributed by atoms with Crippen LogP contribution >= 0.6 is 0 Å². The molecule has 0 bridgehead atoms. The van der Waals surface area contributed by atoms with Crippen molar-refractivity contribution < 1.29 is 88.8 Å². The average Bonchev–Trinajstić information content (AvgIpc) is 2.58. The number of carbonyl (C=O) groups excluding carboxylic acids is 2. The molecule has 1 N–H and O–H groups in total. The molecule has 0 aliphatic heterocycles. The van der Waals surface area contributed by atoms with Crippen LogP contribution < -0.4 is 69.3 Å². The topological polar surface area (TPSA) is 118 Å². The van der Waals surface area contributed by atoms with E-state index in [-0.39, 0.29) is 65.5 Å². The maximum Gasteiger partial charge on any atom is 1.00 e. The van der Waals surface area contributed by atoms with Crippen LogP contribution in [0.3, 0.4) is 0 Å². The summed E-state index contributed by atoms with van der Waals surface area (Å²) in [5.74, 6) is -4.91. The van der Waals surface area contributed by atoms with Gasteiger partial charge in [0, 0.05) is 5.97 Å². The van der Waals surface area contributed by atoms with E-state index in [1.165, 1.54) is 83.5 Å². The third kappa shape index (κ3) is 37.2. The number of hydrogen-bond donors (Lipinski definition) is 1. The van der Waals surface area contributed by atoms with E-state index in [0.717, 1.165) is 12.8 Å². The Kier molecular flexibility index (Phi) is 37.9. The van der Waals surface area contributed by atoms with Crippen molar-refractivity contribution in [2.24, 2.45) is 0 Å². The van der Waals surface area contributed by atoms with Crippen LogP contribution in [-0.4, -0.2) is 23.0 Å². The second kappa shape index (κ2) is 29.6. The van der Waals surface area contributed by atoms with Crippen LogP contribution in [0, 0.1) is 0 Å². The molecule has 0 spiro atoms. The first-order valence-electron chi connectivity index (χ1n) is 10.1. The number of carboxylic acid groups (broad SMARTS) is 3. The van der Waals surface area contributed by atoms with Gasteiger partial charge in [-0.25, -0.2) is 4.79 Å². The van der Waals surface area contributed by atoms with Gasteiger partial charge in [-0.3, -0.25) is 0 Å². The Bertz CT molecular complexity index is 353. The predicted octanol–water partition coefficient (Wildman–Crippen LogP) is -3.17. The van der Waals surface area contributed by atoms with E-state index >= 15 is 0 Å². The van der Waals surface area contributed by atoms with E-state index in [1.54, 1.807) is 0 Å². The molecule has 0 saturated carbocycles. The van der Waals surface area contributed by atoms with Gasteiger partial charge in [-0.2, -0.15) is 0 Å². The van der Waals surface area contributed by atoms with E-state index in [0.29, 0.717) is 0 Å². The SMILES string of the molecule is CCCCCCCCCCCCCCCCCC(=O)[O-].O=C([O-])C(=O)O.[Na+].[Na+]. The zero-order chi connectivity index (χ0) is 20.0. The molecular formula is C20H36Na2O6. The van der Waals surface area contributed by atoms with Crippen LogP contribution in [0.4, 0.5) is 0 Å². The number of carbonyl (C=O) groups is 3. The zero-order valence-corrected chi connectivity index (χ0v) is 22.3. The molecule has 8 heteroatoms. The summed E-state index contributed by atoms with van der Waals surface area (Å²) in [5, 5.41) is 26.5. The Hall–Kier alpha value is 0.410. The first-order valence-corrected chi connectivity index (χ1v) is 10.1. The minimum absolute atomic E-state index is 0. The normalized spacial score (nSPS) is 9.32. The molecule has 6 nitrogen and oxygen atoms in total. The molecule has 154 valence electrons. The molecule has 0 radical (unpaired) electrons. The van der Waals surface area contributed by atoms with Crippen LogP contribution in [0.1, 0.15) is 110 Å². The standard InChI is InChI=1S/C18H36O2.C2H2O4.2Na/c1-2-3-4-5-6-7-8-9-10-11-12-13-14-15-16-17-18(19)20;3-1(4)2(5)6;;/h2-17H2,1H3,(H,19,20);(H,3,4)(H,5,6);;/q;;2*+1/p-2. The van der Waals surface area contributed by atoms with E-state index < -0.39 is 17.9 Å². The Balaban J connectivity index is -0.000000312. The molecule has 28 heavy (non-hydrogen) atoms. The zero-order valence-electron chi connectivity index (χ0n) is 18.3. The average molecular weight is 418 g/mol. The summed E-state index contributed by atoms with van der Waals surface area (Å²) in [7, 11) is 0. The number of aliphatic carboxylic acids is 3. The second-order valence-corrected chi connectivity index (χ2v) is 6.66. The summed E-state index contributed by atoms with van der Waals surface area (Å²) < 4.78 is 0. The van der Waals surface area contributed by atoms with Crippen molar-refractivity contribution in [2.75, 3.05) is 0 Å². The predicted molar refractivity (Wildman–Crippen MR) is 97.2 cm³/mol. The van der Waals surface area contributed by atoms with Gasteiger partial charge in [0.05, 0.1) is 0 Å². The van der Waals surface area contributed by atoms with Gasteiger partial charge in [0.15, 0.2) is 5.97 Å². The molecule has 0 atom stereocenters. The van der Waals surface area contributed by atoms with Gasteiger partial charge in [0.25, 0.3) is 0 Å². The van der Waals surface area contributed by atoms with Gasteiger partial charge >= 0.3 is 65.1 Å². The van der Waals surface area contributed by atoms with Gasteiger partial charge in [0.2, 0.25) is 0 Å². The van der Waals surface area contributed by atoms with Gasteiger partial charge < -0.3 is 24.9 Å². The smallest absolute Gasteiger partial charge is 0.550 e. The quantitative estimate of drug-likeness (QED) is 0.161. The first kappa shape index (κ1) is 35.8. The van der Waals surface area contributed by atoms with Crippen LogP contribution in [0.2, 0.25) is 0 Å². The Labute approximate surface area is 214 Å².